The van der Waals surface area contributed by atoms with Gasteiger partial charge in [0.15, 0.2) is 0 Å². The Kier molecular flexibility index (Phi) is 2.18. The van der Waals surface area contributed by atoms with Crippen molar-refractivity contribution in [2.24, 2.45) is 7.05 Å². The van der Waals surface area contributed by atoms with Crippen molar-refractivity contribution in [3.63, 3.8) is 0 Å². The summed E-state index contributed by atoms with van der Waals surface area (Å²) in [7, 11) is 1.89. The standard InChI is InChI=1S/C5H7BrN2S/c1-8-2-4(6)5(3-9)7-8/h2,9H,3H2,1H3. The summed E-state index contributed by atoms with van der Waals surface area (Å²) in [6, 6.07) is 0. The summed E-state index contributed by atoms with van der Waals surface area (Å²) in [6.45, 7) is 0. The van der Waals surface area contributed by atoms with Gasteiger partial charge in [-0.25, -0.2) is 0 Å². The molecule has 2 nitrogen and oxygen atoms in total. The lowest BCUT2D eigenvalue weighted by molar-refractivity contribution is 0.755. The highest BCUT2D eigenvalue weighted by molar-refractivity contribution is 9.10. The summed E-state index contributed by atoms with van der Waals surface area (Å²) in [4.78, 5) is 0. The van der Waals surface area contributed by atoms with E-state index in [4.69, 9.17) is 0 Å². The van der Waals surface area contributed by atoms with Crippen molar-refractivity contribution in [1.82, 2.24) is 9.78 Å². The molecule has 0 saturated carbocycles. The van der Waals surface area contributed by atoms with Crippen molar-refractivity contribution >= 4 is 28.6 Å². The molecule has 0 bridgehead atoms. The highest BCUT2D eigenvalue weighted by atomic mass is 79.9. The van der Waals surface area contributed by atoms with Gasteiger partial charge >= 0.3 is 0 Å². The molecule has 50 valence electrons. The summed E-state index contributed by atoms with van der Waals surface area (Å²) >= 11 is 7.43. The maximum atomic E-state index is 4.12. The summed E-state index contributed by atoms with van der Waals surface area (Å²) in [6.07, 6.45) is 1.91. The van der Waals surface area contributed by atoms with Crippen molar-refractivity contribution < 1.29 is 0 Å². The molecule has 0 aliphatic carbocycles. The molecule has 0 aliphatic heterocycles. The molecular weight excluding hydrogens is 200 g/mol. The molecule has 0 fully saturated rings. The molecule has 0 unspecified atom stereocenters. The van der Waals surface area contributed by atoms with Gasteiger partial charge in [-0.05, 0) is 15.9 Å². The van der Waals surface area contributed by atoms with Crippen LogP contribution in [-0.2, 0) is 12.8 Å². The molecule has 9 heavy (non-hydrogen) atoms. The molecule has 1 heterocycles. The zero-order valence-electron chi connectivity index (χ0n) is 5.00. The second-order valence-corrected chi connectivity index (χ2v) is 2.93. The van der Waals surface area contributed by atoms with E-state index in [9.17, 15) is 0 Å². The Bertz CT molecular complexity index is 209. The van der Waals surface area contributed by atoms with Crippen molar-refractivity contribution in [2.75, 3.05) is 0 Å². The van der Waals surface area contributed by atoms with Crippen molar-refractivity contribution in [3.05, 3.63) is 16.4 Å². The molecule has 0 amide bonds. The van der Waals surface area contributed by atoms with Gasteiger partial charge in [0.2, 0.25) is 0 Å². The second-order valence-electron chi connectivity index (χ2n) is 1.76. The molecule has 0 spiro atoms. The molecule has 0 aliphatic rings. The maximum Gasteiger partial charge on any atom is 0.0862 e. The third-order valence-electron chi connectivity index (χ3n) is 1.00. The summed E-state index contributed by atoms with van der Waals surface area (Å²) in [5.74, 6) is 0.682. The number of nitrogens with zero attached hydrogens (tertiary/aromatic N) is 2. The monoisotopic (exact) mass is 206 g/mol. The Morgan fingerprint density at radius 3 is 2.78 bits per heavy atom. The van der Waals surface area contributed by atoms with Crippen LogP contribution in [0.4, 0.5) is 0 Å². The first-order valence-electron chi connectivity index (χ1n) is 2.53. The Morgan fingerprint density at radius 1 is 1.89 bits per heavy atom. The van der Waals surface area contributed by atoms with E-state index in [0.29, 0.717) is 5.75 Å². The topological polar surface area (TPSA) is 17.8 Å². The molecule has 1 aromatic heterocycles. The number of rotatable bonds is 1. The van der Waals surface area contributed by atoms with E-state index in [0.717, 1.165) is 10.2 Å². The number of aromatic nitrogens is 2. The number of thiol groups is 1. The first-order chi connectivity index (χ1) is 4.24. The van der Waals surface area contributed by atoms with Gasteiger partial charge in [-0.1, -0.05) is 0 Å². The van der Waals surface area contributed by atoms with Crippen molar-refractivity contribution in [3.8, 4) is 0 Å². The SMILES string of the molecule is Cn1cc(Br)c(CS)n1. The van der Waals surface area contributed by atoms with Gasteiger partial charge in [0.25, 0.3) is 0 Å². The van der Waals surface area contributed by atoms with Gasteiger partial charge in [0, 0.05) is 19.0 Å². The molecule has 1 aromatic rings. The molecule has 1 rings (SSSR count). The van der Waals surface area contributed by atoms with Gasteiger partial charge in [-0.15, -0.1) is 0 Å². The molecule has 0 atom stereocenters. The highest BCUT2D eigenvalue weighted by Crippen LogP contribution is 2.15. The molecule has 0 radical (unpaired) electrons. The van der Waals surface area contributed by atoms with E-state index in [1.807, 2.05) is 13.2 Å². The lowest BCUT2D eigenvalue weighted by Gasteiger charge is -1.84. The average molecular weight is 207 g/mol. The minimum atomic E-state index is 0.682. The molecule has 0 N–H and O–H groups in total. The van der Waals surface area contributed by atoms with Crippen LogP contribution in [0.5, 0.6) is 0 Å². The first-order valence-corrected chi connectivity index (χ1v) is 3.95. The fourth-order valence-corrected chi connectivity index (χ4v) is 1.58. The van der Waals surface area contributed by atoms with E-state index in [-0.39, 0.29) is 0 Å². The van der Waals surface area contributed by atoms with Crippen LogP contribution >= 0.6 is 28.6 Å². The van der Waals surface area contributed by atoms with Gasteiger partial charge in [-0.2, -0.15) is 17.7 Å². The zero-order valence-corrected chi connectivity index (χ0v) is 7.48. The van der Waals surface area contributed by atoms with Crippen LogP contribution in [0.1, 0.15) is 5.69 Å². The lowest BCUT2D eigenvalue weighted by atomic mass is 10.5. The normalized spacial score (nSPS) is 10.1. The zero-order chi connectivity index (χ0) is 6.85. The molecule has 0 saturated heterocycles. The highest BCUT2D eigenvalue weighted by Gasteiger charge is 1.99. The van der Waals surface area contributed by atoms with Gasteiger partial charge in [0.1, 0.15) is 0 Å². The van der Waals surface area contributed by atoms with E-state index in [1.165, 1.54) is 0 Å². The Labute approximate surface area is 67.8 Å². The number of hydrogen-bond donors (Lipinski definition) is 1. The number of halogens is 1. The fraction of sp³-hybridized carbons (Fsp3) is 0.400. The predicted octanol–water partition coefficient (Wildman–Crippen LogP) is 1.61. The molecule has 0 aromatic carbocycles. The average Bonchev–Trinajstić information content (AvgIpc) is 2.10. The Hall–Kier alpha value is 0.0400. The number of aryl methyl sites for hydroxylation is 1. The Balaban J connectivity index is 3.01. The minimum Gasteiger partial charge on any atom is -0.274 e. The van der Waals surface area contributed by atoms with Crippen molar-refractivity contribution in [1.29, 1.82) is 0 Å². The first kappa shape index (κ1) is 7.15. The molecular formula is C5H7BrN2S. The van der Waals surface area contributed by atoms with Gasteiger partial charge < -0.3 is 0 Å². The third-order valence-corrected chi connectivity index (χ3v) is 1.97. The van der Waals surface area contributed by atoms with Crippen LogP contribution in [0, 0.1) is 0 Å². The van der Waals surface area contributed by atoms with E-state index in [2.05, 4.69) is 33.7 Å². The Morgan fingerprint density at radius 2 is 2.56 bits per heavy atom. The van der Waals surface area contributed by atoms with Crippen LogP contribution in [0.25, 0.3) is 0 Å². The summed E-state index contributed by atoms with van der Waals surface area (Å²) in [5.41, 5.74) is 0.987. The minimum absolute atomic E-state index is 0.682. The third kappa shape index (κ3) is 1.49. The van der Waals surface area contributed by atoms with Crippen molar-refractivity contribution in [2.45, 2.75) is 5.75 Å². The van der Waals surface area contributed by atoms with Crippen LogP contribution < -0.4 is 0 Å². The lowest BCUT2D eigenvalue weighted by Crippen LogP contribution is -1.87. The molecule has 4 heteroatoms. The van der Waals surface area contributed by atoms with Crippen LogP contribution in [0.15, 0.2) is 10.7 Å². The van der Waals surface area contributed by atoms with Crippen LogP contribution in [-0.4, -0.2) is 9.78 Å². The van der Waals surface area contributed by atoms with E-state index >= 15 is 0 Å². The maximum absolute atomic E-state index is 4.12. The van der Waals surface area contributed by atoms with Gasteiger partial charge in [0.05, 0.1) is 10.2 Å². The van der Waals surface area contributed by atoms with E-state index < -0.39 is 0 Å². The quantitative estimate of drug-likeness (QED) is 0.692. The van der Waals surface area contributed by atoms with Gasteiger partial charge in [-0.3, -0.25) is 4.68 Å². The summed E-state index contributed by atoms with van der Waals surface area (Å²) < 4.78 is 2.79. The predicted molar refractivity (Wildman–Crippen MR) is 43.6 cm³/mol. The second kappa shape index (κ2) is 2.75. The number of hydrogen-bond acceptors (Lipinski definition) is 2. The van der Waals surface area contributed by atoms with Crippen LogP contribution in [0.3, 0.4) is 0 Å². The largest absolute Gasteiger partial charge is 0.274 e. The van der Waals surface area contributed by atoms with Crippen LogP contribution in [0.2, 0.25) is 0 Å². The van der Waals surface area contributed by atoms with E-state index in [1.54, 1.807) is 4.68 Å². The smallest absolute Gasteiger partial charge is 0.0862 e. The fourth-order valence-electron chi connectivity index (χ4n) is 0.613. The summed E-state index contributed by atoms with van der Waals surface area (Å²) in [5, 5.41) is 4.12.